The minimum atomic E-state index is -3.78. The monoisotopic (exact) mass is 309 g/mol. The summed E-state index contributed by atoms with van der Waals surface area (Å²) in [6.07, 6.45) is 1.71. The average molecular weight is 309 g/mol. The van der Waals surface area contributed by atoms with Gasteiger partial charge in [-0.1, -0.05) is 6.07 Å². The maximum absolute atomic E-state index is 12.2. The van der Waals surface area contributed by atoms with E-state index in [4.69, 9.17) is 5.11 Å². The largest absolute Gasteiger partial charge is 0.478 e. The number of aromatic carboxylic acids is 1. The van der Waals surface area contributed by atoms with Crippen molar-refractivity contribution in [3.63, 3.8) is 0 Å². The van der Waals surface area contributed by atoms with E-state index in [0.29, 0.717) is 11.3 Å². The number of aromatic nitrogens is 2. The van der Waals surface area contributed by atoms with E-state index in [-0.39, 0.29) is 17.0 Å². The highest BCUT2D eigenvalue weighted by molar-refractivity contribution is 7.89. The molecule has 112 valence electrons. The Balaban J connectivity index is 2.23. The fourth-order valence-electron chi connectivity index (χ4n) is 1.81. The number of carbonyl (C=O) groups is 1. The van der Waals surface area contributed by atoms with E-state index < -0.39 is 16.0 Å². The Morgan fingerprint density at radius 1 is 1.38 bits per heavy atom. The van der Waals surface area contributed by atoms with E-state index in [2.05, 4.69) is 9.82 Å². The van der Waals surface area contributed by atoms with Crippen LogP contribution in [0.4, 0.5) is 0 Å². The molecule has 2 rings (SSSR count). The second kappa shape index (κ2) is 5.66. The summed E-state index contributed by atoms with van der Waals surface area (Å²) in [5.74, 6) is -1.16. The molecule has 0 aliphatic heterocycles. The lowest BCUT2D eigenvalue weighted by atomic mass is 10.1. The van der Waals surface area contributed by atoms with Crippen molar-refractivity contribution in [2.75, 3.05) is 0 Å². The van der Waals surface area contributed by atoms with Gasteiger partial charge in [0.25, 0.3) is 0 Å². The summed E-state index contributed by atoms with van der Waals surface area (Å²) in [5.41, 5.74) is 1.05. The molecule has 0 unspecified atom stereocenters. The van der Waals surface area contributed by atoms with E-state index >= 15 is 0 Å². The lowest BCUT2D eigenvalue weighted by Crippen LogP contribution is -2.24. The molecule has 2 N–H and O–H groups in total. The highest BCUT2D eigenvalue weighted by atomic mass is 32.2. The van der Waals surface area contributed by atoms with Crippen molar-refractivity contribution in [2.45, 2.75) is 18.4 Å². The van der Waals surface area contributed by atoms with Crippen LogP contribution in [0.25, 0.3) is 0 Å². The van der Waals surface area contributed by atoms with Crippen molar-refractivity contribution in [3.05, 3.63) is 47.3 Å². The first-order valence-electron chi connectivity index (χ1n) is 6.12. The van der Waals surface area contributed by atoms with Gasteiger partial charge in [0.2, 0.25) is 10.0 Å². The van der Waals surface area contributed by atoms with Crippen molar-refractivity contribution < 1.29 is 18.3 Å². The van der Waals surface area contributed by atoms with Gasteiger partial charge in [-0.15, -0.1) is 0 Å². The number of rotatable bonds is 5. The molecule has 0 fully saturated rings. The molecule has 0 aliphatic rings. The van der Waals surface area contributed by atoms with E-state index in [0.717, 1.165) is 6.07 Å². The van der Waals surface area contributed by atoms with Crippen LogP contribution >= 0.6 is 0 Å². The van der Waals surface area contributed by atoms with Gasteiger partial charge in [0.15, 0.2) is 0 Å². The molecule has 1 heterocycles. The van der Waals surface area contributed by atoms with Crippen LogP contribution in [0, 0.1) is 6.92 Å². The van der Waals surface area contributed by atoms with Gasteiger partial charge in [-0.2, -0.15) is 5.10 Å². The van der Waals surface area contributed by atoms with Crippen LogP contribution < -0.4 is 4.72 Å². The van der Waals surface area contributed by atoms with Crippen molar-refractivity contribution in [1.82, 2.24) is 14.5 Å². The highest BCUT2D eigenvalue weighted by Crippen LogP contribution is 2.16. The highest BCUT2D eigenvalue weighted by Gasteiger charge is 2.17. The van der Waals surface area contributed by atoms with Crippen LogP contribution in [0.3, 0.4) is 0 Å². The molecule has 21 heavy (non-hydrogen) atoms. The molecule has 0 amide bonds. The zero-order valence-electron chi connectivity index (χ0n) is 11.6. The van der Waals surface area contributed by atoms with Crippen molar-refractivity contribution in [3.8, 4) is 0 Å². The summed E-state index contributed by atoms with van der Waals surface area (Å²) in [5, 5.41) is 13.1. The third-order valence-corrected chi connectivity index (χ3v) is 4.36. The predicted molar refractivity (Wildman–Crippen MR) is 75.4 cm³/mol. The van der Waals surface area contributed by atoms with Crippen molar-refractivity contribution in [2.24, 2.45) is 7.05 Å². The molecule has 7 nitrogen and oxygen atoms in total. The minimum Gasteiger partial charge on any atom is -0.478 e. The number of hydrogen-bond donors (Lipinski definition) is 2. The second-order valence-electron chi connectivity index (χ2n) is 4.59. The van der Waals surface area contributed by atoms with Crippen LogP contribution in [0.2, 0.25) is 0 Å². The van der Waals surface area contributed by atoms with Crippen molar-refractivity contribution >= 4 is 16.0 Å². The molecule has 0 atom stereocenters. The molecule has 0 spiro atoms. The van der Waals surface area contributed by atoms with Crippen LogP contribution in [0.1, 0.15) is 21.6 Å². The fraction of sp³-hybridized carbons (Fsp3) is 0.231. The van der Waals surface area contributed by atoms with Gasteiger partial charge in [0.05, 0.1) is 22.7 Å². The van der Waals surface area contributed by atoms with Gasteiger partial charge < -0.3 is 5.11 Å². The summed E-state index contributed by atoms with van der Waals surface area (Å²) >= 11 is 0. The Labute approximate surface area is 122 Å². The molecule has 0 aliphatic carbocycles. The molecule has 0 saturated heterocycles. The molecular formula is C13H15N3O4S. The molecule has 2 aromatic rings. The normalized spacial score (nSPS) is 11.5. The van der Waals surface area contributed by atoms with Crippen LogP contribution in [-0.2, 0) is 23.6 Å². The van der Waals surface area contributed by atoms with Gasteiger partial charge in [0, 0.05) is 13.2 Å². The maximum atomic E-state index is 12.2. The molecular weight excluding hydrogens is 294 g/mol. The lowest BCUT2D eigenvalue weighted by molar-refractivity contribution is 0.0696. The Hall–Kier alpha value is -2.19. The summed E-state index contributed by atoms with van der Waals surface area (Å²) in [6.45, 7) is 1.65. The smallest absolute Gasteiger partial charge is 0.335 e. The zero-order valence-corrected chi connectivity index (χ0v) is 12.4. The van der Waals surface area contributed by atoms with E-state index in [1.807, 2.05) is 0 Å². The Morgan fingerprint density at radius 2 is 2.10 bits per heavy atom. The van der Waals surface area contributed by atoms with Gasteiger partial charge in [-0.3, -0.25) is 4.68 Å². The zero-order chi connectivity index (χ0) is 15.6. The van der Waals surface area contributed by atoms with E-state index in [1.54, 1.807) is 30.9 Å². The summed E-state index contributed by atoms with van der Waals surface area (Å²) in [7, 11) is -2.05. The number of hydrogen-bond acceptors (Lipinski definition) is 4. The van der Waals surface area contributed by atoms with Gasteiger partial charge >= 0.3 is 5.97 Å². The molecule has 1 aromatic carbocycles. The molecule has 1 aromatic heterocycles. The summed E-state index contributed by atoms with van der Waals surface area (Å²) in [6, 6.07) is 5.69. The quantitative estimate of drug-likeness (QED) is 0.854. The second-order valence-corrected chi connectivity index (χ2v) is 6.35. The first kappa shape index (κ1) is 15.2. The topological polar surface area (TPSA) is 101 Å². The van der Waals surface area contributed by atoms with Gasteiger partial charge in [0.1, 0.15) is 0 Å². The van der Waals surface area contributed by atoms with E-state index in [9.17, 15) is 13.2 Å². The maximum Gasteiger partial charge on any atom is 0.335 e. The van der Waals surface area contributed by atoms with E-state index in [1.165, 1.54) is 12.1 Å². The Bertz CT molecular complexity index is 780. The van der Waals surface area contributed by atoms with Crippen LogP contribution in [0.5, 0.6) is 0 Å². The SMILES string of the molecule is Cc1ccc(S(=O)(=O)NCc2ccn(C)n2)cc1C(=O)O. The molecule has 8 heteroatoms. The first-order chi connectivity index (χ1) is 9.79. The standard InChI is InChI=1S/C13H15N3O4S/c1-9-3-4-11(7-12(9)13(17)18)21(19,20)14-8-10-5-6-16(2)15-10/h3-7,14H,8H2,1-2H3,(H,17,18). The lowest BCUT2D eigenvalue weighted by Gasteiger charge is -2.08. The first-order valence-corrected chi connectivity index (χ1v) is 7.60. The number of sulfonamides is 1. The summed E-state index contributed by atoms with van der Waals surface area (Å²) in [4.78, 5) is 11.0. The minimum absolute atomic E-state index is 0.0317. The Morgan fingerprint density at radius 3 is 2.67 bits per heavy atom. The number of carboxylic acids is 1. The third-order valence-electron chi connectivity index (χ3n) is 2.96. The Kier molecular flexibility index (Phi) is 4.10. The van der Waals surface area contributed by atoms with Gasteiger partial charge in [-0.25, -0.2) is 17.9 Å². The number of nitrogens with zero attached hydrogens (tertiary/aromatic N) is 2. The van der Waals surface area contributed by atoms with Crippen LogP contribution in [0.15, 0.2) is 35.4 Å². The van der Waals surface area contributed by atoms with Gasteiger partial charge in [-0.05, 0) is 30.7 Å². The number of aryl methyl sites for hydroxylation is 2. The molecule has 0 bridgehead atoms. The number of benzene rings is 1. The molecule has 0 radical (unpaired) electrons. The predicted octanol–water partition coefficient (Wildman–Crippen LogP) is 0.905. The molecule has 0 saturated carbocycles. The third kappa shape index (κ3) is 3.47. The average Bonchev–Trinajstić information content (AvgIpc) is 2.82. The van der Waals surface area contributed by atoms with Crippen LogP contribution in [-0.4, -0.2) is 29.3 Å². The number of carboxylic acid groups (broad SMARTS) is 1. The number of nitrogens with one attached hydrogen (secondary N) is 1. The summed E-state index contributed by atoms with van der Waals surface area (Å²) < 4.78 is 28.3. The fourth-order valence-corrected chi connectivity index (χ4v) is 2.83. The van der Waals surface area contributed by atoms with Crippen molar-refractivity contribution in [1.29, 1.82) is 0 Å².